The summed E-state index contributed by atoms with van der Waals surface area (Å²) < 4.78 is 16.2. The number of hydrogen-bond acceptors (Lipinski definition) is 5. The zero-order valence-electron chi connectivity index (χ0n) is 15.2. The van der Waals surface area contributed by atoms with Crippen LogP contribution in [0.15, 0.2) is 0 Å². The number of rotatable bonds is 8. The average molecular weight is 329 g/mol. The van der Waals surface area contributed by atoms with Crippen molar-refractivity contribution in [1.29, 1.82) is 0 Å². The van der Waals surface area contributed by atoms with Crippen molar-refractivity contribution in [2.75, 3.05) is 13.2 Å². The maximum absolute atomic E-state index is 12.4. The lowest BCUT2D eigenvalue weighted by Crippen LogP contribution is -2.48. The molecule has 0 spiro atoms. The fourth-order valence-corrected chi connectivity index (χ4v) is 2.73. The number of carbonyl (C=O) groups is 2. The van der Waals surface area contributed by atoms with Crippen LogP contribution >= 0.6 is 0 Å². The van der Waals surface area contributed by atoms with Crippen molar-refractivity contribution in [1.82, 2.24) is 4.90 Å². The first-order chi connectivity index (χ1) is 10.7. The second kappa shape index (κ2) is 9.23. The van der Waals surface area contributed by atoms with E-state index in [9.17, 15) is 9.59 Å². The first kappa shape index (κ1) is 19.9. The lowest BCUT2D eigenvalue weighted by atomic mass is 10.2. The molecule has 1 rings (SSSR count). The van der Waals surface area contributed by atoms with Crippen molar-refractivity contribution < 1.29 is 23.8 Å². The molecular weight excluding hydrogens is 298 g/mol. The molecule has 134 valence electrons. The molecule has 0 aliphatic carbocycles. The van der Waals surface area contributed by atoms with Gasteiger partial charge in [-0.05, 0) is 54.4 Å². The van der Waals surface area contributed by atoms with Crippen LogP contribution in [0.1, 0.15) is 54.4 Å². The standard InChI is InChI=1S/C17H31NO5/c1-11(2)18(12(3)4)16(19)13(5)23-17(20)14(6)22-10-15-8-7-9-21-15/h11-15H,7-10H2,1-6H3. The van der Waals surface area contributed by atoms with Crippen LogP contribution in [-0.2, 0) is 23.8 Å². The van der Waals surface area contributed by atoms with Crippen LogP contribution in [0, 0.1) is 0 Å². The van der Waals surface area contributed by atoms with Crippen LogP contribution in [0.2, 0.25) is 0 Å². The molecule has 0 aromatic carbocycles. The van der Waals surface area contributed by atoms with E-state index < -0.39 is 18.2 Å². The highest BCUT2D eigenvalue weighted by molar-refractivity contribution is 5.84. The molecule has 1 aliphatic heterocycles. The molecule has 0 aromatic heterocycles. The van der Waals surface area contributed by atoms with Crippen LogP contribution in [0.3, 0.4) is 0 Å². The van der Waals surface area contributed by atoms with E-state index in [-0.39, 0.29) is 24.1 Å². The van der Waals surface area contributed by atoms with Gasteiger partial charge in [0.25, 0.3) is 5.91 Å². The SMILES string of the molecule is CC(OCC1CCCO1)C(=O)OC(C)C(=O)N(C(C)C)C(C)C. The second-order valence-electron chi connectivity index (χ2n) is 6.62. The Kier molecular flexibility index (Phi) is 7.99. The van der Waals surface area contributed by atoms with Gasteiger partial charge in [-0.15, -0.1) is 0 Å². The molecule has 1 heterocycles. The molecule has 3 unspecified atom stereocenters. The molecule has 23 heavy (non-hydrogen) atoms. The smallest absolute Gasteiger partial charge is 0.335 e. The molecule has 0 bridgehead atoms. The predicted octanol–water partition coefficient (Wildman–Crippen LogP) is 2.15. The van der Waals surface area contributed by atoms with Gasteiger partial charge in [0.15, 0.2) is 12.2 Å². The van der Waals surface area contributed by atoms with Gasteiger partial charge in [0.1, 0.15) is 0 Å². The van der Waals surface area contributed by atoms with Crippen LogP contribution in [0.25, 0.3) is 0 Å². The molecule has 1 saturated heterocycles. The summed E-state index contributed by atoms with van der Waals surface area (Å²) in [4.78, 5) is 26.2. The topological polar surface area (TPSA) is 65.1 Å². The third-order valence-corrected chi connectivity index (χ3v) is 3.90. The molecule has 6 nitrogen and oxygen atoms in total. The maximum Gasteiger partial charge on any atom is 0.335 e. The van der Waals surface area contributed by atoms with Gasteiger partial charge < -0.3 is 19.1 Å². The van der Waals surface area contributed by atoms with Crippen molar-refractivity contribution >= 4 is 11.9 Å². The van der Waals surface area contributed by atoms with Gasteiger partial charge in [-0.2, -0.15) is 0 Å². The number of amides is 1. The van der Waals surface area contributed by atoms with Crippen molar-refractivity contribution in [3.8, 4) is 0 Å². The highest BCUT2D eigenvalue weighted by Crippen LogP contribution is 2.14. The summed E-state index contributed by atoms with van der Waals surface area (Å²) in [7, 11) is 0. The second-order valence-corrected chi connectivity index (χ2v) is 6.62. The van der Waals surface area contributed by atoms with Crippen LogP contribution in [-0.4, -0.2) is 60.4 Å². The predicted molar refractivity (Wildman–Crippen MR) is 87.1 cm³/mol. The Hall–Kier alpha value is -1.14. The highest BCUT2D eigenvalue weighted by Gasteiger charge is 2.29. The molecule has 1 amide bonds. The zero-order valence-corrected chi connectivity index (χ0v) is 15.2. The third kappa shape index (κ3) is 6.11. The highest BCUT2D eigenvalue weighted by atomic mass is 16.6. The van der Waals surface area contributed by atoms with E-state index in [0.29, 0.717) is 6.61 Å². The third-order valence-electron chi connectivity index (χ3n) is 3.90. The van der Waals surface area contributed by atoms with Crippen molar-refractivity contribution in [3.05, 3.63) is 0 Å². The Labute approximate surface area is 139 Å². The van der Waals surface area contributed by atoms with Crippen LogP contribution in [0.4, 0.5) is 0 Å². The average Bonchev–Trinajstić information content (AvgIpc) is 2.96. The quantitative estimate of drug-likeness (QED) is 0.638. The van der Waals surface area contributed by atoms with Crippen molar-refractivity contribution in [2.45, 2.75) is 84.8 Å². The molecular formula is C17H31NO5. The molecule has 1 aliphatic rings. The number of carbonyl (C=O) groups excluding carboxylic acids is 2. The minimum Gasteiger partial charge on any atom is -0.451 e. The monoisotopic (exact) mass is 329 g/mol. The zero-order chi connectivity index (χ0) is 17.6. The summed E-state index contributed by atoms with van der Waals surface area (Å²) in [6.07, 6.45) is 0.510. The van der Waals surface area contributed by atoms with Crippen LogP contribution in [0.5, 0.6) is 0 Å². The van der Waals surface area contributed by atoms with Gasteiger partial charge >= 0.3 is 5.97 Å². The van der Waals surface area contributed by atoms with E-state index in [2.05, 4.69) is 0 Å². The van der Waals surface area contributed by atoms with E-state index in [4.69, 9.17) is 14.2 Å². The Balaban J connectivity index is 2.45. The normalized spacial score (nSPS) is 20.6. The number of ether oxygens (including phenoxy) is 3. The van der Waals surface area contributed by atoms with Gasteiger partial charge in [0, 0.05) is 18.7 Å². The summed E-state index contributed by atoms with van der Waals surface area (Å²) in [6.45, 7) is 12.1. The Morgan fingerprint density at radius 2 is 1.70 bits per heavy atom. The van der Waals surface area contributed by atoms with Gasteiger partial charge in [0.05, 0.1) is 12.7 Å². The van der Waals surface area contributed by atoms with E-state index in [1.807, 2.05) is 27.7 Å². The summed E-state index contributed by atoms with van der Waals surface area (Å²) in [5.41, 5.74) is 0. The molecule has 6 heteroatoms. The first-order valence-electron chi connectivity index (χ1n) is 8.49. The number of hydrogen-bond donors (Lipinski definition) is 0. The maximum atomic E-state index is 12.4. The molecule has 0 aromatic rings. The van der Waals surface area contributed by atoms with E-state index in [0.717, 1.165) is 19.4 Å². The van der Waals surface area contributed by atoms with Crippen molar-refractivity contribution in [2.24, 2.45) is 0 Å². The Bertz CT molecular complexity index is 382. The Morgan fingerprint density at radius 3 is 2.17 bits per heavy atom. The summed E-state index contributed by atoms with van der Waals surface area (Å²) in [5.74, 6) is -0.703. The summed E-state index contributed by atoms with van der Waals surface area (Å²) in [6, 6.07) is 0.105. The van der Waals surface area contributed by atoms with Crippen LogP contribution < -0.4 is 0 Å². The van der Waals surface area contributed by atoms with E-state index >= 15 is 0 Å². The van der Waals surface area contributed by atoms with Crippen molar-refractivity contribution in [3.63, 3.8) is 0 Å². The lowest BCUT2D eigenvalue weighted by Gasteiger charge is -2.33. The first-order valence-corrected chi connectivity index (χ1v) is 8.49. The minimum absolute atomic E-state index is 0.0526. The molecule has 0 saturated carbocycles. The molecule has 0 N–H and O–H groups in total. The van der Waals surface area contributed by atoms with E-state index in [1.54, 1.807) is 18.7 Å². The summed E-state index contributed by atoms with van der Waals surface area (Å²) in [5, 5.41) is 0. The fraction of sp³-hybridized carbons (Fsp3) is 0.882. The molecule has 3 atom stereocenters. The van der Waals surface area contributed by atoms with Gasteiger partial charge in [-0.25, -0.2) is 4.79 Å². The largest absolute Gasteiger partial charge is 0.451 e. The van der Waals surface area contributed by atoms with Gasteiger partial charge in [-0.1, -0.05) is 0 Å². The number of esters is 1. The lowest BCUT2D eigenvalue weighted by molar-refractivity contribution is -0.170. The van der Waals surface area contributed by atoms with E-state index in [1.165, 1.54) is 0 Å². The number of nitrogens with zero attached hydrogens (tertiary/aromatic N) is 1. The Morgan fingerprint density at radius 1 is 1.09 bits per heavy atom. The molecule has 1 fully saturated rings. The fourth-order valence-electron chi connectivity index (χ4n) is 2.73. The summed E-state index contributed by atoms with van der Waals surface area (Å²) >= 11 is 0. The van der Waals surface area contributed by atoms with Gasteiger partial charge in [-0.3, -0.25) is 4.79 Å². The van der Waals surface area contributed by atoms with Gasteiger partial charge in [0.2, 0.25) is 0 Å². The minimum atomic E-state index is -0.818. The molecule has 0 radical (unpaired) electrons.